The first-order chi connectivity index (χ1) is 8.99. The molecule has 0 aromatic carbocycles. The molecule has 0 fully saturated rings. The number of anilines is 1. The summed E-state index contributed by atoms with van der Waals surface area (Å²) in [7, 11) is 0. The van der Waals surface area contributed by atoms with Gasteiger partial charge in [-0.15, -0.1) is 0 Å². The number of carboxylic acids is 1. The molecule has 0 saturated carbocycles. The molecule has 2 N–H and O–H groups in total. The van der Waals surface area contributed by atoms with Crippen molar-refractivity contribution >= 4 is 28.9 Å². The molecule has 0 radical (unpaired) electrons. The second-order valence-corrected chi connectivity index (χ2v) is 4.30. The molecule has 0 aliphatic rings. The van der Waals surface area contributed by atoms with E-state index in [0.29, 0.717) is 11.2 Å². The average molecular weight is 263 g/mol. The molecule has 1 amide bonds. The number of fused-ring (bicyclic) bond motifs is 1. The summed E-state index contributed by atoms with van der Waals surface area (Å²) in [6, 6.07) is 0. The highest BCUT2D eigenvalue weighted by Crippen LogP contribution is 2.17. The van der Waals surface area contributed by atoms with Gasteiger partial charge in [-0.3, -0.25) is 9.59 Å². The summed E-state index contributed by atoms with van der Waals surface area (Å²) in [6.07, 6.45) is 2.62. The lowest BCUT2D eigenvalue weighted by Gasteiger charge is -2.06. The highest BCUT2D eigenvalue weighted by Gasteiger charge is 2.15. The van der Waals surface area contributed by atoms with Gasteiger partial charge in [-0.2, -0.15) is 0 Å². The lowest BCUT2D eigenvalue weighted by atomic mass is 10.2. The van der Waals surface area contributed by atoms with Gasteiger partial charge in [-0.25, -0.2) is 15.0 Å². The van der Waals surface area contributed by atoms with Gasteiger partial charge >= 0.3 is 5.97 Å². The molecule has 8 heteroatoms. The molecule has 8 nitrogen and oxygen atoms in total. The van der Waals surface area contributed by atoms with Gasteiger partial charge in [0.15, 0.2) is 17.0 Å². The molecule has 19 heavy (non-hydrogen) atoms. The standard InChI is InChI=1S/C11H13N5O3/c1-6(2)11(19)15-9-8-10(13-4-12-9)16(5-14-8)3-7(17)18/h4-6H,3H2,1-2H3,(H,17,18)(H,12,13,15,19). The number of carbonyl (C=O) groups excluding carboxylic acids is 1. The summed E-state index contributed by atoms with van der Waals surface area (Å²) in [5.74, 6) is -1.09. The van der Waals surface area contributed by atoms with E-state index >= 15 is 0 Å². The average Bonchev–Trinajstić information content (AvgIpc) is 2.73. The second-order valence-electron chi connectivity index (χ2n) is 4.30. The molecule has 0 bridgehead atoms. The Morgan fingerprint density at radius 3 is 2.74 bits per heavy atom. The van der Waals surface area contributed by atoms with Crippen molar-refractivity contribution in [2.45, 2.75) is 20.4 Å². The zero-order valence-corrected chi connectivity index (χ0v) is 10.5. The summed E-state index contributed by atoms with van der Waals surface area (Å²) in [4.78, 5) is 34.3. The largest absolute Gasteiger partial charge is 0.480 e. The van der Waals surface area contributed by atoms with Gasteiger partial charge in [0.25, 0.3) is 0 Å². The fraction of sp³-hybridized carbons (Fsp3) is 0.364. The molecule has 0 spiro atoms. The maximum absolute atomic E-state index is 11.6. The smallest absolute Gasteiger partial charge is 0.323 e. The lowest BCUT2D eigenvalue weighted by molar-refractivity contribution is -0.137. The Labute approximate surface area is 108 Å². The molecule has 0 unspecified atom stereocenters. The number of nitrogens with one attached hydrogen (secondary N) is 1. The number of imidazole rings is 1. The third-order valence-electron chi connectivity index (χ3n) is 2.47. The minimum absolute atomic E-state index is 0.187. The van der Waals surface area contributed by atoms with Crippen LogP contribution in [-0.2, 0) is 16.1 Å². The molecule has 2 heterocycles. The van der Waals surface area contributed by atoms with Gasteiger partial charge in [-0.1, -0.05) is 13.8 Å². The van der Waals surface area contributed by atoms with Crippen molar-refractivity contribution in [3.8, 4) is 0 Å². The summed E-state index contributed by atoms with van der Waals surface area (Å²) in [6.45, 7) is 3.28. The maximum atomic E-state index is 11.6. The number of aromatic nitrogens is 4. The van der Waals surface area contributed by atoms with E-state index in [-0.39, 0.29) is 24.2 Å². The van der Waals surface area contributed by atoms with E-state index < -0.39 is 5.97 Å². The van der Waals surface area contributed by atoms with Crippen LogP contribution in [0.4, 0.5) is 5.82 Å². The van der Waals surface area contributed by atoms with E-state index in [0.717, 1.165) is 0 Å². The first-order valence-electron chi connectivity index (χ1n) is 5.67. The van der Waals surface area contributed by atoms with Crippen LogP contribution >= 0.6 is 0 Å². The van der Waals surface area contributed by atoms with Crippen LogP contribution in [0.25, 0.3) is 11.2 Å². The number of hydrogen-bond acceptors (Lipinski definition) is 5. The number of amides is 1. The molecule has 0 saturated heterocycles. The highest BCUT2D eigenvalue weighted by atomic mass is 16.4. The fourth-order valence-electron chi connectivity index (χ4n) is 1.49. The van der Waals surface area contributed by atoms with E-state index in [1.165, 1.54) is 17.2 Å². The van der Waals surface area contributed by atoms with E-state index in [4.69, 9.17) is 5.11 Å². The van der Waals surface area contributed by atoms with Crippen molar-refractivity contribution in [2.24, 2.45) is 5.92 Å². The summed E-state index contributed by atoms with van der Waals surface area (Å²) in [5.41, 5.74) is 0.745. The topological polar surface area (TPSA) is 110 Å². The van der Waals surface area contributed by atoms with E-state index in [2.05, 4.69) is 20.3 Å². The normalized spacial score (nSPS) is 10.9. The number of carbonyl (C=O) groups is 2. The van der Waals surface area contributed by atoms with Crippen molar-refractivity contribution < 1.29 is 14.7 Å². The van der Waals surface area contributed by atoms with Crippen LogP contribution < -0.4 is 5.32 Å². The molecule has 0 aliphatic heterocycles. The van der Waals surface area contributed by atoms with Crippen molar-refractivity contribution in [1.29, 1.82) is 0 Å². The van der Waals surface area contributed by atoms with Crippen LogP contribution in [-0.4, -0.2) is 36.5 Å². The zero-order valence-electron chi connectivity index (χ0n) is 10.5. The lowest BCUT2D eigenvalue weighted by Crippen LogP contribution is -2.19. The Balaban J connectivity index is 2.39. The van der Waals surface area contributed by atoms with Crippen molar-refractivity contribution in [2.75, 3.05) is 5.32 Å². The number of rotatable bonds is 4. The van der Waals surface area contributed by atoms with Gasteiger partial charge in [0.2, 0.25) is 5.91 Å². The fourth-order valence-corrected chi connectivity index (χ4v) is 1.49. The van der Waals surface area contributed by atoms with Crippen LogP contribution in [0.5, 0.6) is 0 Å². The highest BCUT2D eigenvalue weighted by molar-refractivity contribution is 5.97. The third kappa shape index (κ3) is 2.67. The van der Waals surface area contributed by atoms with Crippen LogP contribution in [0.1, 0.15) is 13.8 Å². The molecule has 100 valence electrons. The predicted octanol–water partition coefficient (Wildman–Crippen LogP) is 0.505. The minimum Gasteiger partial charge on any atom is -0.480 e. The SMILES string of the molecule is CC(C)C(=O)Nc1ncnc2c1ncn2CC(=O)O. The quantitative estimate of drug-likeness (QED) is 0.831. The molecule has 2 aromatic heterocycles. The van der Waals surface area contributed by atoms with Crippen LogP contribution in [0.3, 0.4) is 0 Å². The van der Waals surface area contributed by atoms with E-state index in [1.807, 2.05) is 0 Å². The minimum atomic E-state index is -0.995. The second kappa shape index (κ2) is 5.01. The molecular weight excluding hydrogens is 250 g/mol. The van der Waals surface area contributed by atoms with Gasteiger partial charge in [0.05, 0.1) is 6.33 Å². The Hall–Kier alpha value is -2.51. The molecular formula is C11H13N5O3. The monoisotopic (exact) mass is 263 g/mol. The third-order valence-corrected chi connectivity index (χ3v) is 2.47. The first-order valence-corrected chi connectivity index (χ1v) is 5.67. The van der Waals surface area contributed by atoms with E-state index in [1.54, 1.807) is 13.8 Å². The Kier molecular flexibility index (Phi) is 3.41. The maximum Gasteiger partial charge on any atom is 0.323 e. The van der Waals surface area contributed by atoms with Crippen molar-refractivity contribution in [1.82, 2.24) is 19.5 Å². The van der Waals surface area contributed by atoms with Crippen LogP contribution in [0.2, 0.25) is 0 Å². The van der Waals surface area contributed by atoms with Crippen LogP contribution in [0.15, 0.2) is 12.7 Å². The number of carboxylic acid groups (broad SMARTS) is 1. The zero-order chi connectivity index (χ0) is 14.0. The first kappa shape index (κ1) is 12.9. The van der Waals surface area contributed by atoms with Gasteiger partial charge in [0.1, 0.15) is 12.9 Å². The summed E-state index contributed by atoms with van der Waals surface area (Å²) < 4.78 is 1.38. The molecule has 0 atom stereocenters. The Bertz CT molecular complexity index is 634. The number of aliphatic carboxylic acids is 1. The summed E-state index contributed by atoms with van der Waals surface area (Å²) >= 11 is 0. The van der Waals surface area contributed by atoms with Crippen molar-refractivity contribution in [3.05, 3.63) is 12.7 Å². The van der Waals surface area contributed by atoms with Gasteiger partial charge < -0.3 is 15.0 Å². The predicted molar refractivity (Wildman–Crippen MR) is 66.4 cm³/mol. The van der Waals surface area contributed by atoms with Crippen molar-refractivity contribution in [3.63, 3.8) is 0 Å². The summed E-state index contributed by atoms with van der Waals surface area (Å²) in [5, 5.41) is 11.4. The Morgan fingerprint density at radius 1 is 1.37 bits per heavy atom. The number of nitrogens with zero attached hydrogens (tertiary/aromatic N) is 4. The molecule has 2 rings (SSSR count). The van der Waals surface area contributed by atoms with Gasteiger partial charge in [0, 0.05) is 5.92 Å². The molecule has 2 aromatic rings. The Morgan fingerprint density at radius 2 is 2.11 bits per heavy atom. The van der Waals surface area contributed by atoms with Crippen LogP contribution in [0, 0.1) is 5.92 Å². The van der Waals surface area contributed by atoms with Gasteiger partial charge in [-0.05, 0) is 0 Å². The van der Waals surface area contributed by atoms with E-state index in [9.17, 15) is 9.59 Å². The number of hydrogen-bond donors (Lipinski definition) is 2. The molecule has 0 aliphatic carbocycles.